The molecule has 0 bridgehead atoms. The number of carbonyl (C=O) groups is 2. The summed E-state index contributed by atoms with van der Waals surface area (Å²) in [5, 5.41) is 6.13. The SMILES string of the molecule is CCOC(=O)C(CNC(=O)C1CCCCN1)Cc1ccccc1. The zero-order chi connectivity index (χ0) is 16.5. The van der Waals surface area contributed by atoms with Crippen LogP contribution < -0.4 is 10.6 Å². The summed E-state index contributed by atoms with van der Waals surface area (Å²) in [6.07, 6.45) is 3.60. The topological polar surface area (TPSA) is 67.4 Å². The highest BCUT2D eigenvalue weighted by Gasteiger charge is 2.24. The first-order chi connectivity index (χ1) is 11.2. The van der Waals surface area contributed by atoms with Gasteiger partial charge in [0.15, 0.2) is 0 Å². The second kappa shape index (κ2) is 9.30. The van der Waals surface area contributed by atoms with Gasteiger partial charge in [0, 0.05) is 6.54 Å². The summed E-state index contributed by atoms with van der Waals surface area (Å²) in [4.78, 5) is 24.4. The van der Waals surface area contributed by atoms with Gasteiger partial charge in [-0.15, -0.1) is 0 Å². The minimum Gasteiger partial charge on any atom is -0.466 e. The minimum atomic E-state index is -0.357. The normalized spacial score (nSPS) is 18.9. The molecular weight excluding hydrogens is 292 g/mol. The summed E-state index contributed by atoms with van der Waals surface area (Å²) in [6, 6.07) is 9.67. The molecule has 2 rings (SSSR count). The Morgan fingerprint density at radius 1 is 1.30 bits per heavy atom. The van der Waals surface area contributed by atoms with Crippen molar-refractivity contribution in [1.29, 1.82) is 0 Å². The van der Waals surface area contributed by atoms with E-state index in [0.29, 0.717) is 19.6 Å². The predicted octanol–water partition coefficient (Wildman–Crippen LogP) is 1.67. The number of carbonyl (C=O) groups excluding carboxylic acids is 2. The van der Waals surface area contributed by atoms with Gasteiger partial charge in [-0.05, 0) is 38.3 Å². The maximum absolute atomic E-state index is 12.2. The van der Waals surface area contributed by atoms with E-state index in [0.717, 1.165) is 31.4 Å². The van der Waals surface area contributed by atoms with Crippen molar-refractivity contribution >= 4 is 11.9 Å². The van der Waals surface area contributed by atoms with Crippen LogP contribution in [-0.2, 0) is 20.7 Å². The Balaban J connectivity index is 1.91. The molecule has 0 aliphatic carbocycles. The van der Waals surface area contributed by atoms with Gasteiger partial charge in [0.05, 0.1) is 18.6 Å². The van der Waals surface area contributed by atoms with Crippen molar-refractivity contribution in [3.8, 4) is 0 Å². The molecule has 2 unspecified atom stereocenters. The van der Waals surface area contributed by atoms with Crippen molar-refractivity contribution in [2.75, 3.05) is 19.7 Å². The number of benzene rings is 1. The molecule has 5 nitrogen and oxygen atoms in total. The van der Waals surface area contributed by atoms with Crippen LogP contribution in [0.2, 0.25) is 0 Å². The minimum absolute atomic E-state index is 0.0212. The lowest BCUT2D eigenvalue weighted by Gasteiger charge is -2.24. The first-order valence-electron chi connectivity index (χ1n) is 8.42. The lowest BCUT2D eigenvalue weighted by atomic mass is 9.98. The number of rotatable bonds is 7. The maximum Gasteiger partial charge on any atom is 0.311 e. The molecule has 1 heterocycles. The van der Waals surface area contributed by atoms with Gasteiger partial charge in [-0.2, -0.15) is 0 Å². The Morgan fingerprint density at radius 2 is 2.09 bits per heavy atom. The summed E-state index contributed by atoms with van der Waals surface area (Å²) < 4.78 is 5.15. The summed E-state index contributed by atoms with van der Waals surface area (Å²) in [7, 11) is 0. The largest absolute Gasteiger partial charge is 0.466 e. The van der Waals surface area contributed by atoms with E-state index in [2.05, 4.69) is 10.6 Å². The lowest BCUT2D eigenvalue weighted by Crippen LogP contribution is -2.48. The molecule has 2 atom stereocenters. The Bertz CT molecular complexity index is 498. The Labute approximate surface area is 137 Å². The van der Waals surface area contributed by atoms with E-state index >= 15 is 0 Å². The van der Waals surface area contributed by atoms with Crippen LogP contribution in [0.1, 0.15) is 31.7 Å². The van der Waals surface area contributed by atoms with E-state index in [4.69, 9.17) is 4.74 Å². The van der Waals surface area contributed by atoms with Crippen molar-refractivity contribution in [3.05, 3.63) is 35.9 Å². The predicted molar refractivity (Wildman–Crippen MR) is 88.9 cm³/mol. The fraction of sp³-hybridized carbons (Fsp3) is 0.556. The molecule has 23 heavy (non-hydrogen) atoms. The van der Waals surface area contributed by atoms with Crippen LogP contribution >= 0.6 is 0 Å². The standard InChI is InChI=1S/C18H26N2O3/c1-2-23-18(22)15(12-14-8-4-3-5-9-14)13-20-17(21)16-10-6-7-11-19-16/h3-5,8-9,15-16,19H,2,6-7,10-13H2,1H3,(H,20,21). The molecule has 0 spiro atoms. The molecule has 1 aliphatic rings. The van der Waals surface area contributed by atoms with E-state index in [9.17, 15) is 9.59 Å². The highest BCUT2D eigenvalue weighted by molar-refractivity contribution is 5.82. The number of hydrogen-bond acceptors (Lipinski definition) is 4. The molecule has 126 valence electrons. The summed E-state index contributed by atoms with van der Waals surface area (Å²) in [6.45, 7) is 3.33. The van der Waals surface area contributed by atoms with Gasteiger partial charge in [-0.1, -0.05) is 36.8 Å². The van der Waals surface area contributed by atoms with E-state index in [1.165, 1.54) is 0 Å². The lowest BCUT2D eigenvalue weighted by molar-refractivity contribution is -0.147. The first kappa shape index (κ1) is 17.5. The molecule has 0 saturated carbocycles. The number of ether oxygens (including phenoxy) is 1. The molecule has 1 saturated heterocycles. The molecule has 1 aromatic rings. The van der Waals surface area contributed by atoms with Crippen molar-refractivity contribution in [2.45, 2.75) is 38.6 Å². The summed E-state index contributed by atoms with van der Waals surface area (Å²) in [5.74, 6) is -0.634. The van der Waals surface area contributed by atoms with Crippen molar-refractivity contribution in [2.24, 2.45) is 5.92 Å². The Morgan fingerprint density at radius 3 is 2.74 bits per heavy atom. The maximum atomic E-state index is 12.2. The zero-order valence-corrected chi connectivity index (χ0v) is 13.7. The first-order valence-corrected chi connectivity index (χ1v) is 8.42. The Hall–Kier alpha value is -1.88. The van der Waals surface area contributed by atoms with Gasteiger partial charge in [0.2, 0.25) is 5.91 Å². The molecule has 5 heteroatoms. The van der Waals surface area contributed by atoms with Crippen LogP contribution in [0.3, 0.4) is 0 Å². The second-order valence-electron chi connectivity index (χ2n) is 5.89. The number of piperidine rings is 1. The van der Waals surface area contributed by atoms with Gasteiger partial charge in [0.1, 0.15) is 0 Å². The number of amides is 1. The fourth-order valence-electron chi connectivity index (χ4n) is 2.82. The van der Waals surface area contributed by atoms with Gasteiger partial charge in [-0.3, -0.25) is 9.59 Å². The quantitative estimate of drug-likeness (QED) is 0.751. The molecule has 0 aromatic heterocycles. The van der Waals surface area contributed by atoms with E-state index < -0.39 is 0 Å². The molecule has 1 fully saturated rings. The third-order valence-electron chi connectivity index (χ3n) is 4.09. The van der Waals surface area contributed by atoms with Crippen molar-refractivity contribution < 1.29 is 14.3 Å². The van der Waals surface area contributed by atoms with Crippen LogP contribution in [0.15, 0.2) is 30.3 Å². The van der Waals surface area contributed by atoms with Gasteiger partial charge in [0.25, 0.3) is 0 Å². The van der Waals surface area contributed by atoms with E-state index in [1.807, 2.05) is 30.3 Å². The molecule has 2 N–H and O–H groups in total. The molecule has 1 aromatic carbocycles. The molecular formula is C18H26N2O3. The number of nitrogens with one attached hydrogen (secondary N) is 2. The third-order valence-corrected chi connectivity index (χ3v) is 4.09. The van der Waals surface area contributed by atoms with E-state index in [-0.39, 0.29) is 23.8 Å². The van der Waals surface area contributed by atoms with Gasteiger partial charge < -0.3 is 15.4 Å². The van der Waals surface area contributed by atoms with Crippen LogP contribution in [0.5, 0.6) is 0 Å². The molecule has 1 aliphatic heterocycles. The second-order valence-corrected chi connectivity index (χ2v) is 5.89. The average Bonchev–Trinajstić information content (AvgIpc) is 2.60. The van der Waals surface area contributed by atoms with Crippen LogP contribution in [0, 0.1) is 5.92 Å². The van der Waals surface area contributed by atoms with Crippen LogP contribution in [0.4, 0.5) is 0 Å². The van der Waals surface area contributed by atoms with Crippen molar-refractivity contribution in [1.82, 2.24) is 10.6 Å². The number of esters is 1. The van der Waals surface area contributed by atoms with Crippen LogP contribution in [-0.4, -0.2) is 37.6 Å². The average molecular weight is 318 g/mol. The third kappa shape index (κ3) is 5.67. The zero-order valence-electron chi connectivity index (χ0n) is 13.7. The van der Waals surface area contributed by atoms with Gasteiger partial charge >= 0.3 is 5.97 Å². The van der Waals surface area contributed by atoms with Gasteiger partial charge in [-0.25, -0.2) is 0 Å². The highest BCUT2D eigenvalue weighted by atomic mass is 16.5. The summed E-state index contributed by atoms with van der Waals surface area (Å²) in [5.41, 5.74) is 1.07. The highest BCUT2D eigenvalue weighted by Crippen LogP contribution is 2.11. The monoisotopic (exact) mass is 318 g/mol. The summed E-state index contributed by atoms with van der Waals surface area (Å²) >= 11 is 0. The number of hydrogen-bond donors (Lipinski definition) is 2. The smallest absolute Gasteiger partial charge is 0.311 e. The van der Waals surface area contributed by atoms with Crippen LogP contribution in [0.25, 0.3) is 0 Å². The fourth-order valence-corrected chi connectivity index (χ4v) is 2.82. The van der Waals surface area contributed by atoms with Crippen molar-refractivity contribution in [3.63, 3.8) is 0 Å². The Kier molecular flexibility index (Phi) is 7.07. The van der Waals surface area contributed by atoms with E-state index in [1.54, 1.807) is 6.92 Å². The molecule has 1 amide bonds. The molecule has 0 radical (unpaired) electrons.